The zero-order valence-corrected chi connectivity index (χ0v) is 35.4. The Bertz CT molecular complexity index is 2200. The fraction of sp³-hybridized carbons (Fsp3) is 0.591. The predicted molar refractivity (Wildman–Crippen MR) is 229 cm³/mol. The Morgan fingerprint density at radius 1 is 0.650 bits per heavy atom. The van der Waals surface area contributed by atoms with Crippen molar-refractivity contribution in [3.63, 3.8) is 0 Å². The summed E-state index contributed by atoms with van der Waals surface area (Å²) in [5.74, 6) is 5.45. The number of amides is 2. The molecule has 0 aromatic carbocycles. The maximum absolute atomic E-state index is 13.1. The lowest BCUT2D eigenvalue weighted by Gasteiger charge is -2.43. The molecule has 6 aliphatic rings. The molecule has 0 bridgehead atoms. The van der Waals surface area contributed by atoms with Crippen molar-refractivity contribution in [2.45, 2.75) is 127 Å². The number of aromatic nitrogens is 8. The van der Waals surface area contributed by atoms with Gasteiger partial charge in [0.25, 0.3) is 0 Å². The van der Waals surface area contributed by atoms with Gasteiger partial charge in [-0.2, -0.15) is 9.97 Å². The lowest BCUT2D eigenvalue weighted by Crippen LogP contribution is -2.55. The number of ether oxygens (including phenoxy) is 2. The molecule has 4 aromatic heterocycles. The van der Waals surface area contributed by atoms with Crippen LogP contribution in [0.25, 0.3) is 17.5 Å². The van der Waals surface area contributed by atoms with Gasteiger partial charge in [-0.15, -0.1) is 0 Å². The van der Waals surface area contributed by atoms with E-state index in [1.54, 1.807) is 28.4 Å². The summed E-state index contributed by atoms with van der Waals surface area (Å²) in [5, 5.41) is 0. The molecule has 2 amide bonds. The van der Waals surface area contributed by atoms with Gasteiger partial charge in [-0.1, -0.05) is 45.6 Å². The van der Waals surface area contributed by atoms with Crippen LogP contribution in [-0.4, -0.2) is 116 Å². The van der Waals surface area contributed by atoms with Crippen molar-refractivity contribution in [2.24, 2.45) is 0 Å². The Morgan fingerprint density at radius 2 is 1.18 bits per heavy atom. The molecule has 0 radical (unpaired) electrons. The second-order valence-corrected chi connectivity index (χ2v) is 16.8. The molecule has 10 rings (SSSR count). The summed E-state index contributed by atoms with van der Waals surface area (Å²) in [5.41, 5.74) is 2.74. The van der Waals surface area contributed by atoms with Gasteiger partial charge >= 0.3 is 0 Å². The molecule has 60 heavy (non-hydrogen) atoms. The third-order valence-corrected chi connectivity index (χ3v) is 13.4. The van der Waals surface area contributed by atoms with Gasteiger partial charge in [0.05, 0.1) is 25.6 Å². The topological polar surface area (TPSA) is 153 Å². The van der Waals surface area contributed by atoms with E-state index in [1.165, 1.54) is 25.7 Å². The first-order valence-corrected chi connectivity index (χ1v) is 22.2. The van der Waals surface area contributed by atoms with E-state index in [1.807, 2.05) is 41.8 Å². The van der Waals surface area contributed by atoms with Gasteiger partial charge in [-0.3, -0.25) is 18.7 Å². The first kappa shape index (κ1) is 40.2. The molecule has 1 saturated heterocycles. The third-order valence-electron chi connectivity index (χ3n) is 13.4. The van der Waals surface area contributed by atoms with Gasteiger partial charge in [-0.05, 0) is 63.4 Å². The number of carbonyl (C=O) groups is 2. The molecule has 3 fully saturated rings. The summed E-state index contributed by atoms with van der Waals surface area (Å²) >= 11 is 0. The molecule has 2 saturated carbocycles. The van der Waals surface area contributed by atoms with E-state index < -0.39 is 0 Å². The van der Waals surface area contributed by atoms with E-state index in [4.69, 9.17) is 19.4 Å². The van der Waals surface area contributed by atoms with Crippen molar-refractivity contribution in [1.82, 2.24) is 39.0 Å². The summed E-state index contributed by atoms with van der Waals surface area (Å²) in [6.07, 6.45) is 26.7. The van der Waals surface area contributed by atoms with E-state index >= 15 is 0 Å². The van der Waals surface area contributed by atoms with Gasteiger partial charge in [-0.25, -0.2) is 19.9 Å². The van der Waals surface area contributed by atoms with Crippen LogP contribution < -0.4 is 19.6 Å². The van der Waals surface area contributed by atoms with Crippen LogP contribution in [0.3, 0.4) is 0 Å². The van der Waals surface area contributed by atoms with Crippen LogP contribution in [0.4, 0.5) is 23.0 Å². The van der Waals surface area contributed by atoms with Crippen molar-refractivity contribution in [3.8, 4) is 11.9 Å². The molecule has 4 aromatic rings. The fourth-order valence-corrected chi connectivity index (χ4v) is 10.2. The first-order valence-electron chi connectivity index (χ1n) is 22.2. The number of nitrogens with zero attached hydrogens (tertiary/aromatic N) is 12. The van der Waals surface area contributed by atoms with E-state index in [0.717, 1.165) is 111 Å². The van der Waals surface area contributed by atoms with Crippen LogP contribution in [0.2, 0.25) is 0 Å². The summed E-state index contributed by atoms with van der Waals surface area (Å²) in [7, 11) is 3.66. The standard InChI is InChI=1S/C22H30N6O2.C22H28N6O2/c2*1-3-17-21(29)26(2)18-14-24-22(25-20(18)28(17)16-6-4-5-7-16)27-11-10-23-19(27)15-8-12-30-13-9-15/h10-11,14-17H,3-9,12-13H2,1-2H3;8,10-11,14,16-17H,3-7,9,12-13H2,1-2H3/t2*17-/m11/s1. The molecule has 4 aliphatic heterocycles. The monoisotopic (exact) mass is 818 g/mol. The van der Waals surface area contributed by atoms with Crippen molar-refractivity contribution in [1.29, 1.82) is 0 Å². The smallest absolute Gasteiger partial charge is 0.249 e. The zero-order valence-electron chi connectivity index (χ0n) is 35.4. The predicted octanol–water partition coefficient (Wildman–Crippen LogP) is 6.03. The van der Waals surface area contributed by atoms with Crippen LogP contribution in [0.5, 0.6) is 0 Å². The largest absolute Gasteiger partial charge is 0.381 e. The Morgan fingerprint density at radius 3 is 1.72 bits per heavy atom. The van der Waals surface area contributed by atoms with E-state index in [0.29, 0.717) is 43.1 Å². The minimum Gasteiger partial charge on any atom is -0.381 e. The van der Waals surface area contributed by atoms with Crippen LogP contribution in [-0.2, 0) is 19.1 Å². The third kappa shape index (κ3) is 7.35. The number of rotatable bonds is 8. The average molecular weight is 819 g/mol. The zero-order chi connectivity index (χ0) is 41.3. The molecular formula is C44H58N12O4. The number of hydrogen-bond acceptors (Lipinski definition) is 12. The van der Waals surface area contributed by atoms with Crippen LogP contribution >= 0.6 is 0 Å². The number of imidazole rings is 2. The first-order chi connectivity index (χ1) is 29.4. The summed E-state index contributed by atoms with van der Waals surface area (Å²) in [4.78, 5) is 62.6. The maximum atomic E-state index is 13.1. The minimum absolute atomic E-state index is 0.129. The fourth-order valence-electron chi connectivity index (χ4n) is 10.2. The van der Waals surface area contributed by atoms with E-state index in [9.17, 15) is 9.59 Å². The van der Waals surface area contributed by atoms with Crippen molar-refractivity contribution < 1.29 is 19.1 Å². The summed E-state index contributed by atoms with van der Waals surface area (Å²) in [6, 6.07) is 0.390. The Balaban J connectivity index is 0.000000154. The van der Waals surface area contributed by atoms with Gasteiger partial charge in [0, 0.05) is 70.1 Å². The molecule has 0 spiro atoms. The minimum atomic E-state index is -0.172. The molecule has 0 N–H and O–H groups in total. The Labute approximate surface area is 352 Å². The lowest BCUT2D eigenvalue weighted by atomic mass is 9.99. The maximum Gasteiger partial charge on any atom is 0.249 e. The number of likely N-dealkylation sites (N-methyl/N-ethyl adjacent to an activating group) is 2. The van der Waals surface area contributed by atoms with Crippen molar-refractivity contribution in [2.75, 3.05) is 60.1 Å². The number of carbonyl (C=O) groups excluding carboxylic acids is 2. The number of fused-ring (bicyclic) bond motifs is 2. The van der Waals surface area contributed by atoms with E-state index in [2.05, 4.69) is 49.7 Å². The molecule has 16 nitrogen and oxygen atoms in total. The molecular weight excluding hydrogens is 761 g/mol. The Kier molecular flexibility index (Phi) is 11.7. The van der Waals surface area contributed by atoms with Gasteiger partial charge < -0.3 is 29.1 Å². The quantitative estimate of drug-likeness (QED) is 0.204. The second kappa shape index (κ2) is 17.4. The van der Waals surface area contributed by atoms with Gasteiger partial charge in [0.15, 0.2) is 11.6 Å². The molecule has 8 heterocycles. The summed E-state index contributed by atoms with van der Waals surface area (Å²) < 4.78 is 14.9. The van der Waals surface area contributed by atoms with Crippen molar-refractivity contribution >= 4 is 40.4 Å². The Hall–Kier alpha value is -5.22. The molecule has 16 heteroatoms. The SMILES string of the molecule is CC[C@@H]1C(=O)N(C)c2cnc(-n3ccnc3C3=CCOCC3)nc2N1C1CCCC1.CC[C@@H]1C(=O)N(C)c2cnc(-n3ccnc3C3CCOCC3)nc2N1C1CCCC1. The number of anilines is 4. The van der Waals surface area contributed by atoms with Crippen LogP contribution in [0.15, 0.2) is 43.3 Å². The highest BCUT2D eigenvalue weighted by Crippen LogP contribution is 2.42. The van der Waals surface area contributed by atoms with Crippen LogP contribution in [0, 0.1) is 0 Å². The van der Waals surface area contributed by atoms with Gasteiger partial charge in [0.1, 0.15) is 35.1 Å². The van der Waals surface area contributed by atoms with E-state index in [-0.39, 0.29) is 23.9 Å². The molecule has 2 aliphatic carbocycles. The molecule has 2 atom stereocenters. The lowest BCUT2D eigenvalue weighted by molar-refractivity contribution is -0.120. The van der Waals surface area contributed by atoms with Crippen molar-refractivity contribution in [3.05, 3.63) is 54.9 Å². The normalized spacial score (nSPS) is 22.8. The molecule has 318 valence electrons. The number of hydrogen-bond donors (Lipinski definition) is 0. The second-order valence-electron chi connectivity index (χ2n) is 16.8. The molecule has 0 unspecified atom stereocenters. The van der Waals surface area contributed by atoms with Crippen LogP contribution in [0.1, 0.15) is 115 Å². The highest BCUT2D eigenvalue weighted by molar-refractivity contribution is 6.05. The highest BCUT2D eigenvalue weighted by Gasteiger charge is 2.43. The van der Waals surface area contributed by atoms with Gasteiger partial charge in [0.2, 0.25) is 23.7 Å². The highest BCUT2D eigenvalue weighted by atomic mass is 16.5. The summed E-state index contributed by atoms with van der Waals surface area (Å²) in [6.45, 7) is 7.01. The average Bonchev–Trinajstić information content (AvgIpc) is 4.15.